The predicted octanol–water partition coefficient (Wildman–Crippen LogP) is 1.11. The van der Waals surface area contributed by atoms with Crippen molar-refractivity contribution in [3.05, 3.63) is 23.5 Å². The van der Waals surface area contributed by atoms with E-state index in [1.54, 1.807) is 6.07 Å². The first-order valence-corrected chi connectivity index (χ1v) is 8.27. The van der Waals surface area contributed by atoms with Gasteiger partial charge < -0.3 is 4.90 Å². The molecule has 7 heteroatoms. The molecule has 5 nitrogen and oxygen atoms in total. The van der Waals surface area contributed by atoms with E-state index in [2.05, 4.69) is 14.6 Å². The molecule has 3 aliphatic heterocycles. The number of pyridine rings is 1. The largest absolute Gasteiger partial charge is 0.302 e. The van der Waals surface area contributed by atoms with Gasteiger partial charge in [0.1, 0.15) is 10.0 Å². The van der Waals surface area contributed by atoms with Crippen molar-refractivity contribution in [3.63, 3.8) is 0 Å². The Kier molecular flexibility index (Phi) is 3.51. The molecule has 1 aromatic rings. The summed E-state index contributed by atoms with van der Waals surface area (Å²) in [6.45, 7) is 2.95. The third-order valence-electron chi connectivity index (χ3n) is 3.98. The van der Waals surface area contributed by atoms with Gasteiger partial charge in [0.25, 0.3) is 0 Å². The van der Waals surface area contributed by atoms with Gasteiger partial charge in [0.05, 0.1) is 0 Å². The molecule has 3 fully saturated rings. The van der Waals surface area contributed by atoms with E-state index in [9.17, 15) is 8.42 Å². The second-order valence-corrected chi connectivity index (χ2v) is 7.20. The molecule has 0 aromatic carbocycles. The first-order chi connectivity index (χ1) is 9.06. The maximum atomic E-state index is 12.3. The average Bonchev–Trinajstić information content (AvgIpc) is 2.40. The molecular formula is C12H16ClN3O2S. The van der Waals surface area contributed by atoms with Crippen molar-refractivity contribution in [2.75, 3.05) is 19.6 Å². The lowest BCUT2D eigenvalue weighted by molar-refractivity contribution is 0.0827. The highest BCUT2D eigenvalue weighted by molar-refractivity contribution is 7.89. The number of piperidine rings is 3. The number of aromatic nitrogens is 1. The van der Waals surface area contributed by atoms with Crippen molar-refractivity contribution in [1.29, 1.82) is 0 Å². The Labute approximate surface area is 118 Å². The van der Waals surface area contributed by atoms with Crippen LogP contribution < -0.4 is 4.72 Å². The summed E-state index contributed by atoms with van der Waals surface area (Å²) < 4.78 is 27.5. The monoisotopic (exact) mass is 301 g/mol. The maximum Gasteiger partial charge on any atom is 0.243 e. The smallest absolute Gasteiger partial charge is 0.243 e. The predicted molar refractivity (Wildman–Crippen MR) is 72.5 cm³/mol. The summed E-state index contributed by atoms with van der Waals surface area (Å²) in [5, 5.41) is 0.0243. The average molecular weight is 302 g/mol. The van der Waals surface area contributed by atoms with Crippen molar-refractivity contribution < 1.29 is 8.42 Å². The Hall–Kier alpha value is -0.690. The first-order valence-electron chi connectivity index (χ1n) is 6.41. The van der Waals surface area contributed by atoms with Crippen LogP contribution in [0.25, 0.3) is 0 Å². The number of rotatable bonds is 3. The van der Waals surface area contributed by atoms with E-state index in [1.165, 1.54) is 12.3 Å². The van der Waals surface area contributed by atoms with Crippen molar-refractivity contribution in [3.8, 4) is 0 Å². The molecule has 0 spiro atoms. The van der Waals surface area contributed by atoms with E-state index >= 15 is 0 Å². The number of hydrogen-bond donors (Lipinski definition) is 1. The quantitative estimate of drug-likeness (QED) is 0.850. The van der Waals surface area contributed by atoms with Crippen LogP contribution >= 0.6 is 11.6 Å². The fraction of sp³-hybridized carbons (Fsp3) is 0.583. The highest BCUT2D eigenvalue weighted by atomic mass is 35.5. The summed E-state index contributed by atoms with van der Waals surface area (Å²) in [4.78, 5) is 6.19. The van der Waals surface area contributed by atoms with Gasteiger partial charge in [0.2, 0.25) is 10.0 Å². The van der Waals surface area contributed by atoms with Crippen molar-refractivity contribution in [2.45, 2.75) is 23.8 Å². The normalized spacial score (nSPS) is 30.5. The summed E-state index contributed by atoms with van der Waals surface area (Å²) >= 11 is 5.86. The van der Waals surface area contributed by atoms with Gasteiger partial charge in [-0.05, 0) is 44.0 Å². The minimum absolute atomic E-state index is 0.0104. The first kappa shape index (κ1) is 13.3. The summed E-state index contributed by atoms with van der Waals surface area (Å²) in [5.41, 5.74) is 0. The van der Waals surface area contributed by atoms with Gasteiger partial charge in [-0.2, -0.15) is 0 Å². The minimum Gasteiger partial charge on any atom is -0.302 e. The summed E-state index contributed by atoms with van der Waals surface area (Å²) in [6.07, 6.45) is 3.61. The van der Waals surface area contributed by atoms with Gasteiger partial charge in [-0.1, -0.05) is 11.6 Å². The van der Waals surface area contributed by atoms with Crippen LogP contribution in [0.3, 0.4) is 0 Å². The third-order valence-corrected chi connectivity index (χ3v) is 5.91. The van der Waals surface area contributed by atoms with Crippen molar-refractivity contribution >= 4 is 21.6 Å². The van der Waals surface area contributed by atoms with Crippen molar-refractivity contribution in [1.82, 2.24) is 14.6 Å². The molecular weight excluding hydrogens is 286 g/mol. The molecule has 3 saturated heterocycles. The van der Waals surface area contributed by atoms with Crippen LogP contribution in [0.5, 0.6) is 0 Å². The Morgan fingerprint density at radius 1 is 1.37 bits per heavy atom. The molecule has 0 amide bonds. The van der Waals surface area contributed by atoms with E-state index in [0.29, 0.717) is 5.92 Å². The van der Waals surface area contributed by atoms with Crippen LogP contribution in [0.2, 0.25) is 5.15 Å². The number of sulfonamides is 1. The van der Waals surface area contributed by atoms with E-state index in [0.717, 1.165) is 32.5 Å². The second kappa shape index (κ2) is 5.01. The molecule has 2 bridgehead atoms. The Morgan fingerprint density at radius 3 is 2.68 bits per heavy atom. The molecule has 0 saturated carbocycles. The second-order valence-electron chi connectivity index (χ2n) is 5.16. The van der Waals surface area contributed by atoms with Crippen LogP contribution in [0.4, 0.5) is 0 Å². The van der Waals surface area contributed by atoms with Gasteiger partial charge in [-0.3, -0.25) is 0 Å². The lowest BCUT2D eigenvalue weighted by Crippen LogP contribution is -2.57. The van der Waals surface area contributed by atoms with Crippen LogP contribution in [0.1, 0.15) is 12.8 Å². The van der Waals surface area contributed by atoms with Crippen LogP contribution in [-0.2, 0) is 10.0 Å². The SMILES string of the molecule is O=S(=O)(NC1CN2CCC1CC2)c1cccnc1Cl. The van der Waals surface area contributed by atoms with E-state index in [1.807, 2.05) is 0 Å². The molecule has 1 unspecified atom stereocenters. The number of nitrogens with one attached hydrogen (secondary N) is 1. The Balaban J connectivity index is 1.81. The molecule has 3 aliphatic rings. The molecule has 4 rings (SSSR count). The van der Waals surface area contributed by atoms with E-state index in [4.69, 9.17) is 11.6 Å². The van der Waals surface area contributed by atoms with Crippen LogP contribution in [0, 0.1) is 5.92 Å². The van der Waals surface area contributed by atoms with Crippen molar-refractivity contribution in [2.24, 2.45) is 5.92 Å². The molecule has 104 valence electrons. The summed E-state index contributed by atoms with van der Waals surface area (Å²) in [6, 6.07) is 3.06. The van der Waals surface area contributed by atoms with Gasteiger partial charge in [-0.15, -0.1) is 0 Å². The standard InChI is InChI=1S/C12H16ClN3O2S/c13-12-11(2-1-5-14-12)19(17,18)15-10-8-16-6-3-9(10)4-7-16/h1-2,5,9-10,15H,3-4,6-8H2. The highest BCUT2D eigenvalue weighted by Crippen LogP contribution is 2.29. The van der Waals surface area contributed by atoms with Gasteiger partial charge in [-0.25, -0.2) is 18.1 Å². The topological polar surface area (TPSA) is 62.3 Å². The summed E-state index contributed by atoms with van der Waals surface area (Å²) in [5.74, 6) is 0.440. The summed E-state index contributed by atoms with van der Waals surface area (Å²) in [7, 11) is -3.58. The molecule has 0 aliphatic carbocycles. The lowest BCUT2D eigenvalue weighted by atomic mass is 9.85. The van der Waals surface area contributed by atoms with Crippen LogP contribution in [-0.4, -0.2) is 44.0 Å². The Morgan fingerprint density at radius 2 is 2.11 bits per heavy atom. The molecule has 1 atom stereocenters. The zero-order valence-corrected chi connectivity index (χ0v) is 12.0. The van der Waals surface area contributed by atoms with E-state index in [-0.39, 0.29) is 16.1 Å². The zero-order valence-electron chi connectivity index (χ0n) is 10.4. The minimum atomic E-state index is -3.58. The molecule has 4 heterocycles. The van der Waals surface area contributed by atoms with E-state index < -0.39 is 10.0 Å². The molecule has 1 aromatic heterocycles. The van der Waals surface area contributed by atoms with Crippen LogP contribution in [0.15, 0.2) is 23.2 Å². The number of halogens is 1. The fourth-order valence-corrected chi connectivity index (χ4v) is 4.68. The molecule has 0 radical (unpaired) electrons. The zero-order chi connectivity index (χ0) is 13.5. The lowest BCUT2D eigenvalue weighted by Gasteiger charge is -2.44. The number of hydrogen-bond acceptors (Lipinski definition) is 4. The molecule has 19 heavy (non-hydrogen) atoms. The van der Waals surface area contributed by atoms with Gasteiger partial charge in [0.15, 0.2) is 0 Å². The highest BCUT2D eigenvalue weighted by Gasteiger charge is 2.36. The third kappa shape index (κ3) is 2.63. The Bertz CT molecular complexity index is 570. The number of fused-ring (bicyclic) bond motifs is 3. The van der Waals surface area contributed by atoms with Gasteiger partial charge in [0, 0.05) is 18.8 Å². The molecule has 1 N–H and O–H groups in total. The van der Waals surface area contributed by atoms with Gasteiger partial charge >= 0.3 is 0 Å². The fourth-order valence-electron chi connectivity index (χ4n) is 2.93. The number of nitrogens with zero attached hydrogens (tertiary/aromatic N) is 2. The maximum absolute atomic E-state index is 12.3.